The summed E-state index contributed by atoms with van der Waals surface area (Å²) in [5.74, 6) is 0. The Morgan fingerprint density at radius 3 is 2.39 bits per heavy atom. The fourth-order valence-corrected chi connectivity index (χ4v) is 2.93. The highest BCUT2D eigenvalue weighted by Gasteiger charge is 2.13. The number of thioether (sulfide) groups is 1. The summed E-state index contributed by atoms with van der Waals surface area (Å²) in [6.07, 6.45) is 0. The summed E-state index contributed by atoms with van der Waals surface area (Å²) in [7, 11) is 0. The zero-order valence-electron chi connectivity index (χ0n) is 9.98. The van der Waals surface area contributed by atoms with Gasteiger partial charge in [-0.1, -0.05) is 28.1 Å². The minimum atomic E-state index is -0.0625. The molecule has 0 aliphatic carbocycles. The zero-order valence-corrected chi connectivity index (χ0v) is 12.4. The van der Waals surface area contributed by atoms with Crippen molar-refractivity contribution in [2.45, 2.75) is 19.0 Å². The molecule has 0 radical (unpaired) electrons. The van der Waals surface area contributed by atoms with Crippen LogP contribution in [0.2, 0.25) is 0 Å². The second kappa shape index (κ2) is 5.63. The van der Waals surface area contributed by atoms with Crippen LogP contribution in [0.5, 0.6) is 0 Å². The fourth-order valence-electron chi connectivity index (χ4n) is 1.50. The van der Waals surface area contributed by atoms with Crippen LogP contribution in [0.1, 0.15) is 21.7 Å². The van der Waals surface area contributed by atoms with Gasteiger partial charge in [-0.2, -0.15) is 0 Å². The Hall–Kier alpha value is -1.20. The number of benzene rings is 1. The summed E-state index contributed by atoms with van der Waals surface area (Å²) in [6.45, 7) is 3.78. The molecule has 1 aromatic heterocycles. The summed E-state index contributed by atoms with van der Waals surface area (Å²) in [6, 6.07) is 9.21. The zero-order chi connectivity index (χ0) is 13.1. The van der Waals surface area contributed by atoms with E-state index in [-0.39, 0.29) is 5.12 Å². The van der Waals surface area contributed by atoms with Crippen molar-refractivity contribution in [1.29, 1.82) is 0 Å². The third kappa shape index (κ3) is 3.17. The smallest absolute Gasteiger partial charge is 0.228 e. The molecule has 2 rings (SSSR count). The van der Waals surface area contributed by atoms with Gasteiger partial charge in [-0.25, -0.2) is 9.97 Å². The predicted octanol–water partition coefficient (Wildman–Crippen LogP) is 3.79. The van der Waals surface area contributed by atoms with E-state index >= 15 is 0 Å². The predicted molar refractivity (Wildman–Crippen MR) is 75.8 cm³/mol. The first kappa shape index (κ1) is 13.2. The van der Waals surface area contributed by atoms with E-state index in [0.29, 0.717) is 10.7 Å². The van der Waals surface area contributed by atoms with Gasteiger partial charge in [0.1, 0.15) is 0 Å². The SMILES string of the molecule is Cc1cc(C)nc(SC(=O)c2ccccc2Br)n1. The molecule has 0 N–H and O–H groups in total. The number of carbonyl (C=O) groups excluding carboxylic acids is 1. The lowest BCUT2D eigenvalue weighted by Crippen LogP contribution is -1.99. The molecule has 0 saturated carbocycles. The lowest BCUT2D eigenvalue weighted by molar-refractivity contribution is 0.108. The topological polar surface area (TPSA) is 42.9 Å². The number of rotatable bonds is 2. The highest BCUT2D eigenvalue weighted by atomic mass is 79.9. The molecule has 92 valence electrons. The summed E-state index contributed by atoms with van der Waals surface area (Å²) in [4.78, 5) is 20.6. The summed E-state index contributed by atoms with van der Waals surface area (Å²) in [5.41, 5.74) is 2.36. The van der Waals surface area contributed by atoms with Crippen molar-refractivity contribution in [1.82, 2.24) is 9.97 Å². The van der Waals surface area contributed by atoms with E-state index in [1.807, 2.05) is 38.1 Å². The van der Waals surface area contributed by atoms with Crippen molar-refractivity contribution in [2.24, 2.45) is 0 Å². The lowest BCUT2D eigenvalue weighted by atomic mass is 10.2. The molecular weight excluding hydrogens is 312 g/mol. The number of nitrogens with zero attached hydrogens (tertiary/aromatic N) is 2. The molecule has 1 heterocycles. The van der Waals surface area contributed by atoms with Crippen LogP contribution in [0.3, 0.4) is 0 Å². The maximum absolute atomic E-state index is 12.1. The van der Waals surface area contributed by atoms with Crippen LogP contribution in [-0.4, -0.2) is 15.1 Å². The minimum absolute atomic E-state index is 0.0625. The average Bonchev–Trinajstić information content (AvgIpc) is 2.27. The van der Waals surface area contributed by atoms with Crippen LogP contribution in [0.4, 0.5) is 0 Å². The molecule has 0 spiro atoms. The van der Waals surface area contributed by atoms with Crippen molar-refractivity contribution in [3.8, 4) is 0 Å². The van der Waals surface area contributed by atoms with Crippen LogP contribution >= 0.6 is 27.7 Å². The number of aryl methyl sites for hydroxylation is 2. The number of hydrogen-bond acceptors (Lipinski definition) is 4. The van der Waals surface area contributed by atoms with E-state index < -0.39 is 0 Å². The van der Waals surface area contributed by atoms with Crippen LogP contribution in [0, 0.1) is 13.8 Å². The van der Waals surface area contributed by atoms with Gasteiger partial charge in [-0.05, 0) is 43.8 Å². The second-order valence-corrected chi connectivity index (χ2v) is 5.60. The number of halogens is 1. The van der Waals surface area contributed by atoms with E-state index in [4.69, 9.17) is 0 Å². The van der Waals surface area contributed by atoms with Crippen molar-refractivity contribution in [3.63, 3.8) is 0 Å². The molecule has 5 heteroatoms. The van der Waals surface area contributed by atoms with Gasteiger partial charge in [0.2, 0.25) is 5.12 Å². The van der Waals surface area contributed by atoms with Gasteiger partial charge in [-0.15, -0.1) is 0 Å². The van der Waals surface area contributed by atoms with Crippen molar-refractivity contribution in [3.05, 3.63) is 51.8 Å². The van der Waals surface area contributed by atoms with Gasteiger partial charge < -0.3 is 0 Å². The quantitative estimate of drug-likeness (QED) is 0.623. The highest BCUT2D eigenvalue weighted by Crippen LogP contribution is 2.25. The first-order valence-electron chi connectivity index (χ1n) is 5.35. The Morgan fingerprint density at radius 2 is 1.78 bits per heavy atom. The molecule has 0 aliphatic heterocycles. The molecule has 2 aromatic rings. The molecule has 0 atom stereocenters. The van der Waals surface area contributed by atoms with Crippen molar-refractivity contribution in [2.75, 3.05) is 0 Å². The lowest BCUT2D eigenvalue weighted by Gasteiger charge is -2.03. The first-order valence-corrected chi connectivity index (χ1v) is 6.96. The van der Waals surface area contributed by atoms with Crippen LogP contribution in [0.15, 0.2) is 40.0 Å². The molecule has 3 nitrogen and oxygen atoms in total. The van der Waals surface area contributed by atoms with Gasteiger partial charge in [0.25, 0.3) is 0 Å². The van der Waals surface area contributed by atoms with E-state index in [0.717, 1.165) is 27.6 Å². The fraction of sp³-hybridized carbons (Fsp3) is 0.154. The Bertz CT molecular complexity index is 581. The number of aromatic nitrogens is 2. The third-order valence-corrected chi connectivity index (χ3v) is 3.70. The first-order chi connectivity index (χ1) is 8.56. The van der Waals surface area contributed by atoms with Gasteiger partial charge in [-0.3, -0.25) is 4.79 Å². The third-order valence-electron chi connectivity index (χ3n) is 2.24. The molecule has 0 unspecified atom stereocenters. The van der Waals surface area contributed by atoms with Crippen LogP contribution < -0.4 is 0 Å². The van der Waals surface area contributed by atoms with Gasteiger partial charge in [0.05, 0.1) is 0 Å². The Labute approximate surface area is 118 Å². The Kier molecular flexibility index (Phi) is 4.14. The maximum Gasteiger partial charge on any atom is 0.228 e. The number of carbonyl (C=O) groups is 1. The summed E-state index contributed by atoms with van der Waals surface area (Å²) < 4.78 is 0.784. The van der Waals surface area contributed by atoms with E-state index in [1.165, 1.54) is 0 Å². The average molecular weight is 323 g/mol. The van der Waals surface area contributed by atoms with Gasteiger partial charge in [0, 0.05) is 21.4 Å². The van der Waals surface area contributed by atoms with E-state index in [9.17, 15) is 4.79 Å². The molecule has 0 aliphatic rings. The molecule has 0 fully saturated rings. The Morgan fingerprint density at radius 1 is 1.17 bits per heavy atom. The molecule has 0 amide bonds. The van der Waals surface area contributed by atoms with E-state index in [1.54, 1.807) is 6.07 Å². The molecule has 0 bridgehead atoms. The highest BCUT2D eigenvalue weighted by molar-refractivity contribution is 9.10. The molecule has 0 saturated heterocycles. The second-order valence-electron chi connectivity index (χ2n) is 3.80. The monoisotopic (exact) mass is 322 g/mol. The van der Waals surface area contributed by atoms with Gasteiger partial charge >= 0.3 is 0 Å². The van der Waals surface area contributed by atoms with Crippen molar-refractivity contribution >= 4 is 32.8 Å². The largest absolute Gasteiger partial charge is 0.281 e. The van der Waals surface area contributed by atoms with Crippen molar-refractivity contribution < 1.29 is 4.79 Å². The standard InChI is InChI=1S/C13H11BrN2OS/c1-8-7-9(2)16-13(15-8)18-12(17)10-5-3-4-6-11(10)14/h3-7H,1-2H3. The Balaban J connectivity index is 2.24. The molecular formula is C13H11BrN2OS. The maximum atomic E-state index is 12.1. The summed E-state index contributed by atoms with van der Waals surface area (Å²) >= 11 is 4.41. The normalized spacial score (nSPS) is 10.4. The number of hydrogen-bond donors (Lipinski definition) is 0. The summed E-state index contributed by atoms with van der Waals surface area (Å²) in [5, 5.41) is 0.431. The van der Waals surface area contributed by atoms with Crippen LogP contribution in [0.25, 0.3) is 0 Å². The van der Waals surface area contributed by atoms with E-state index in [2.05, 4.69) is 25.9 Å². The van der Waals surface area contributed by atoms with Crippen LogP contribution in [-0.2, 0) is 0 Å². The minimum Gasteiger partial charge on any atom is -0.281 e. The molecule has 18 heavy (non-hydrogen) atoms. The van der Waals surface area contributed by atoms with Gasteiger partial charge in [0.15, 0.2) is 5.16 Å². The molecule has 1 aromatic carbocycles.